The Labute approximate surface area is 87.0 Å². The molecule has 2 nitrogen and oxygen atoms in total. The van der Waals surface area contributed by atoms with Crippen LogP contribution >= 0.6 is 0 Å². The van der Waals surface area contributed by atoms with Crippen molar-refractivity contribution < 1.29 is 13.5 Å². The summed E-state index contributed by atoms with van der Waals surface area (Å²) in [5.41, 5.74) is 5.84. The van der Waals surface area contributed by atoms with Crippen molar-refractivity contribution >= 4 is 0 Å². The molecule has 15 heavy (non-hydrogen) atoms. The third-order valence-electron chi connectivity index (χ3n) is 2.64. The van der Waals surface area contributed by atoms with Crippen molar-refractivity contribution in [1.29, 1.82) is 0 Å². The molecule has 0 amide bonds. The van der Waals surface area contributed by atoms with Crippen LogP contribution in [0.2, 0.25) is 0 Å². The zero-order chi connectivity index (χ0) is 10.8. The Hall–Kier alpha value is -1.00. The highest BCUT2D eigenvalue weighted by Crippen LogP contribution is 2.23. The Bertz CT molecular complexity index is 350. The van der Waals surface area contributed by atoms with E-state index in [0.717, 1.165) is 18.9 Å². The van der Waals surface area contributed by atoms with Crippen LogP contribution < -0.4 is 5.73 Å². The summed E-state index contributed by atoms with van der Waals surface area (Å²) < 4.78 is 31.4. The predicted octanol–water partition coefficient (Wildman–Crippen LogP) is 1.97. The molecule has 1 aliphatic carbocycles. The van der Waals surface area contributed by atoms with Crippen molar-refractivity contribution in [2.75, 3.05) is 0 Å². The molecule has 1 aromatic carbocycles. The molecule has 82 valence electrons. The standard InChI is InChI=1S/C11H13F2NO/c12-10-3-1-2-7(11(10)13)6-15-9-4-8(14)5-9/h1-3,8-9H,4-6,14H2. The summed E-state index contributed by atoms with van der Waals surface area (Å²) in [6, 6.07) is 4.30. The zero-order valence-corrected chi connectivity index (χ0v) is 8.25. The van der Waals surface area contributed by atoms with Gasteiger partial charge >= 0.3 is 0 Å². The quantitative estimate of drug-likeness (QED) is 0.833. The third-order valence-corrected chi connectivity index (χ3v) is 2.64. The van der Waals surface area contributed by atoms with Crippen LogP contribution in [0.1, 0.15) is 18.4 Å². The fourth-order valence-electron chi connectivity index (χ4n) is 1.61. The largest absolute Gasteiger partial charge is 0.373 e. The predicted molar refractivity (Wildman–Crippen MR) is 52.1 cm³/mol. The summed E-state index contributed by atoms with van der Waals surface area (Å²) in [5, 5.41) is 0. The van der Waals surface area contributed by atoms with Crippen molar-refractivity contribution in [3.8, 4) is 0 Å². The first-order valence-electron chi connectivity index (χ1n) is 4.97. The van der Waals surface area contributed by atoms with Gasteiger partial charge in [-0.15, -0.1) is 0 Å². The van der Waals surface area contributed by atoms with Crippen LogP contribution in [0.5, 0.6) is 0 Å². The van der Waals surface area contributed by atoms with E-state index in [-0.39, 0.29) is 24.3 Å². The fraction of sp³-hybridized carbons (Fsp3) is 0.455. The summed E-state index contributed by atoms with van der Waals surface area (Å²) >= 11 is 0. The summed E-state index contributed by atoms with van der Waals surface area (Å²) in [5.74, 6) is -1.65. The average Bonchev–Trinajstić information content (AvgIpc) is 2.17. The van der Waals surface area contributed by atoms with E-state index in [9.17, 15) is 8.78 Å². The number of benzene rings is 1. The molecule has 0 aliphatic heterocycles. The molecule has 1 saturated carbocycles. The molecule has 1 aliphatic rings. The minimum absolute atomic E-state index is 0.0997. The first-order valence-corrected chi connectivity index (χ1v) is 4.97. The molecular weight excluding hydrogens is 200 g/mol. The molecule has 0 unspecified atom stereocenters. The van der Waals surface area contributed by atoms with Gasteiger partial charge in [-0.2, -0.15) is 0 Å². The maximum absolute atomic E-state index is 13.2. The molecule has 4 heteroatoms. The fourth-order valence-corrected chi connectivity index (χ4v) is 1.61. The Morgan fingerprint density at radius 2 is 2.07 bits per heavy atom. The summed E-state index contributed by atoms with van der Waals surface area (Å²) in [4.78, 5) is 0. The smallest absolute Gasteiger partial charge is 0.164 e. The van der Waals surface area contributed by atoms with Crippen LogP contribution in [-0.4, -0.2) is 12.1 Å². The highest BCUT2D eigenvalue weighted by Gasteiger charge is 2.26. The van der Waals surface area contributed by atoms with Gasteiger partial charge in [0.1, 0.15) is 0 Å². The summed E-state index contributed by atoms with van der Waals surface area (Å²) in [7, 11) is 0. The van der Waals surface area contributed by atoms with Gasteiger partial charge in [0.25, 0.3) is 0 Å². The second-order valence-corrected chi connectivity index (χ2v) is 3.88. The van der Waals surface area contributed by atoms with Crippen molar-refractivity contribution in [3.05, 3.63) is 35.4 Å². The van der Waals surface area contributed by atoms with Gasteiger partial charge in [0.2, 0.25) is 0 Å². The van der Waals surface area contributed by atoms with Gasteiger partial charge in [0.05, 0.1) is 12.7 Å². The van der Waals surface area contributed by atoms with Gasteiger partial charge in [0, 0.05) is 11.6 Å². The molecule has 0 radical (unpaired) electrons. The number of rotatable bonds is 3. The van der Waals surface area contributed by atoms with Crippen LogP contribution in [0.25, 0.3) is 0 Å². The number of hydrogen-bond donors (Lipinski definition) is 1. The van der Waals surface area contributed by atoms with E-state index in [1.54, 1.807) is 0 Å². The summed E-state index contributed by atoms with van der Waals surface area (Å²) in [6.07, 6.45) is 1.70. The minimum atomic E-state index is -0.832. The van der Waals surface area contributed by atoms with Crippen molar-refractivity contribution in [3.63, 3.8) is 0 Å². The lowest BCUT2D eigenvalue weighted by Gasteiger charge is -2.32. The first-order chi connectivity index (χ1) is 7.16. The molecule has 2 N–H and O–H groups in total. The molecule has 0 saturated heterocycles. The van der Waals surface area contributed by atoms with Gasteiger partial charge in [-0.3, -0.25) is 0 Å². The Morgan fingerprint density at radius 3 is 2.73 bits per heavy atom. The van der Waals surface area contributed by atoms with Crippen molar-refractivity contribution in [2.24, 2.45) is 5.73 Å². The van der Waals surface area contributed by atoms with Crippen molar-refractivity contribution in [2.45, 2.75) is 31.6 Å². The highest BCUT2D eigenvalue weighted by molar-refractivity contribution is 5.18. The van der Waals surface area contributed by atoms with Crippen LogP contribution in [0.4, 0.5) is 8.78 Å². The van der Waals surface area contributed by atoms with Crippen LogP contribution in [0.15, 0.2) is 18.2 Å². The molecule has 1 fully saturated rings. The lowest BCUT2D eigenvalue weighted by atomic mass is 9.90. The highest BCUT2D eigenvalue weighted by atomic mass is 19.2. The topological polar surface area (TPSA) is 35.2 Å². The average molecular weight is 213 g/mol. The van der Waals surface area contributed by atoms with E-state index in [1.807, 2.05) is 0 Å². The monoisotopic (exact) mass is 213 g/mol. The maximum atomic E-state index is 13.2. The second-order valence-electron chi connectivity index (χ2n) is 3.88. The van der Waals surface area contributed by atoms with Gasteiger partial charge in [-0.25, -0.2) is 8.78 Å². The normalized spacial score (nSPS) is 25.0. The molecule has 2 rings (SSSR count). The lowest BCUT2D eigenvalue weighted by molar-refractivity contribution is -0.0200. The van der Waals surface area contributed by atoms with E-state index in [0.29, 0.717) is 0 Å². The van der Waals surface area contributed by atoms with Crippen LogP contribution in [0, 0.1) is 11.6 Å². The maximum Gasteiger partial charge on any atom is 0.164 e. The Balaban J connectivity index is 1.91. The van der Waals surface area contributed by atoms with Crippen LogP contribution in [-0.2, 0) is 11.3 Å². The second kappa shape index (κ2) is 4.24. The Morgan fingerprint density at radius 1 is 1.33 bits per heavy atom. The number of hydrogen-bond acceptors (Lipinski definition) is 2. The van der Waals surface area contributed by atoms with E-state index in [4.69, 9.17) is 10.5 Å². The van der Waals surface area contributed by atoms with E-state index in [2.05, 4.69) is 0 Å². The number of halogens is 2. The molecule has 0 heterocycles. The van der Waals surface area contributed by atoms with Gasteiger partial charge in [-0.1, -0.05) is 12.1 Å². The number of nitrogens with two attached hydrogens (primary N) is 1. The number of ether oxygens (including phenoxy) is 1. The third kappa shape index (κ3) is 2.33. The minimum Gasteiger partial charge on any atom is -0.373 e. The van der Waals surface area contributed by atoms with E-state index >= 15 is 0 Å². The molecular formula is C11H13F2NO. The van der Waals surface area contributed by atoms with Gasteiger partial charge < -0.3 is 10.5 Å². The lowest BCUT2D eigenvalue weighted by Crippen LogP contribution is -2.41. The van der Waals surface area contributed by atoms with Gasteiger partial charge in [-0.05, 0) is 18.9 Å². The SMILES string of the molecule is NC1CC(OCc2cccc(F)c2F)C1. The molecule has 0 aromatic heterocycles. The van der Waals surface area contributed by atoms with Crippen molar-refractivity contribution in [1.82, 2.24) is 0 Å². The Kier molecular flexibility index (Phi) is 2.98. The van der Waals surface area contributed by atoms with Gasteiger partial charge in [0.15, 0.2) is 11.6 Å². The zero-order valence-electron chi connectivity index (χ0n) is 8.25. The molecule has 0 bridgehead atoms. The summed E-state index contributed by atoms with van der Waals surface area (Å²) in [6.45, 7) is 0.112. The molecule has 0 spiro atoms. The first kappa shape index (κ1) is 10.5. The molecule has 0 atom stereocenters. The van der Waals surface area contributed by atoms with E-state index in [1.165, 1.54) is 12.1 Å². The van der Waals surface area contributed by atoms with E-state index < -0.39 is 11.6 Å². The van der Waals surface area contributed by atoms with Crippen LogP contribution in [0.3, 0.4) is 0 Å². The molecule has 1 aromatic rings.